The van der Waals surface area contributed by atoms with Gasteiger partial charge in [-0.2, -0.15) is 18.3 Å². The van der Waals surface area contributed by atoms with E-state index in [1.54, 1.807) is 28.9 Å². The Morgan fingerprint density at radius 3 is 2.69 bits per heavy atom. The molecule has 2 aliphatic rings. The fraction of sp³-hybridized carbons (Fsp3) is 0.333. The largest absolute Gasteiger partial charge is 0.490 e. The summed E-state index contributed by atoms with van der Waals surface area (Å²) < 4.78 is 65.1. The van der Waals surface area contributed by atoms with Gasteiger partial charge in [-0.3, -0.25) is 9.58 Å². The molecule has 2 aromatic carbocycles. The number of carbonyl (C=O) groups is 1. The highest BCUT2D eigenvalue weighted by molar-refractivity contribution is 7.22. The van der Waals surface area contributed by atoms with Gasteiger partial charge in [0.2, 0.25) is 0 Å². The Morgan fingerprint density at radius 1 is 1.08 bits per heavy atom. The highest BCUT2D eigenvalue weighted by Gasteiger charge is 2.42. The molecule has 1 aliphatic heterocycles. The topological polar surface area (TPSA) is 94.4 Å². The van der Waals surface area contributed by atoms with Gasteiger partial charge in [0.1, 0.15) is 41.3 Å². The summed E-state index contributed by atoms with van der Waals surface area (Å²) >= 11 is 8.02. The summed E-state index contributed by atoms with van der Waals surface area (Å²) in [5.74, 6) is -1.48. The number of likely N-dealkylation sites (tertiary alicyclic amines) is 1. The molecule has 0 saturated carbocycles. The monoisotopic (exact) mass is 700 g/mol. The minimum atomic E-state index is -5.07. The SMILES string of the molecule is O=C(O[C@H](CN1CCCC1)Cn1cc2c(n1)CCc1c-2sc2ncnc(Nc3ccc(OCc4cccc(F)c4)c(Cl)c3)c12)C(F)(F)F. The average Bonchev–Trinajstić information content (AvgIpc) is 3.79. The Hall–Kier alpha value is -4.27. The first kappa shape index (κ1) is 32.3. The van der Waals surface area contributed by atoms with Crippen LogP contribution in [-0.4, -0.2) is 62.5 Å². The predicted octanol–water partition coefficient (Wildman–Crippen LogP) is 7.34. The van der Waals surface area contributed by atoms with Crippen molar-refractivity contribution >= 4 is 50.6 Å². The molecule has 5 aromatic rings. The molecule has 0 radical (unpaired) electrons. The van der Waals surface area contributed by atoms with Crippen molar-refractivity contribution in [1.29, 1.82) is 0 Å². The maximum absolute atomic E-state index is 13.5. The van der Waals surface area contributed by atoms with Crippen LogP contribution in [0, 0.1) is 5.82 Å². The summed E-state index contributed by atoms with van der Waals surface area (Å²) in [5, 5.41) is 9.27. The van der Waals surface area contributed by atoms with Crippen LogP contribution in [-0.2, 0) is 35.5 Å². The third-order valence-electron chi connectivity index (χ3n) is 8.32. The van der Waals surface area contributed by atoms with Crippen LogP contribution >= 0.6 is 22.9 Å². The van der Waals surface area contributed by atoms with Crippen LogP contribution in [0.2, 0.25) is 5.02 Å². The zero-order valence-electron chi connectivity index (χ0n) is 25.4. The third-order valence-corrected chi connectivity index (χ3v) is 9.78. The molecule has 1 N–H and O–H groups in total. The van der Waals surface area contributed by atoms with E-state index < -0.39 is 18.2 Å². The summed E-state index contributed by atoms with van der Waals surface area (Å²) in [5.41, 5.74) is 4.09. The van der Waals surface area contributed by atoms with Crippen molar-refractivity contribution in [3.05, 3.63) is 82.6 Å². The van der Waals surface area contributed by atoms with Gasteiger partial charge in [-0.1, -0.05) is 23.7 Å². The van der Waals surface area contributed by atoms with Gasteiger partial charge in [-0.25, -0.2) is 19.2 Å². The molecule has 1 atom stereocenters. The average molecular weight is 701 g/mol. The van der Waals surface area contributed by atoms with E-state index >= 15 is 0 Å². The molecule has 48 heavy (non-hydrogen) atoms. The van der Waals surface area contributed by atoms with Crippen LogP contribution in [0.3, 0.4) is 0 Å². The number of aromatic nitrogens is 4. The van der Waals surface area contributed by atoms with Gasteiger partial charge in [0, 0.05) is 28.9 Å². The minimum Gasteiger partial charge on any atom is -0.487 e. The Labute approximate surface area is 281 Å². The number of fused-ring (bicyclic) bond motifs is 5. The number of rotatable bonds is 10. The second-order valence-corrected chi connectivity index (χ2v) is 13.2. The number of halogens is 5. The van der Waals surface area contributed by atoms with Gasteiger partial charge < -0.3 is 14.8 Å². The number of anilines is 2. The second-order valence-electron chi connectivity index (χ2n) is 11.7. The number of nitrogens with one attached hydrogen (secondary N) is 1. The van der Waals surface area contributed by atoms with Crippen molar-refractivity contribution in [2.75, 3.05) is 25.0 Å². The van der Waals surface area contributed by atoms with Crippen LogP contribution in [0.5, 0.6) is 5.75 Å². The van der Waals surface area contributed by atoms with Crippen LogP contribution < -0.4 is 10.1 Å². The Bertz CT molecular complexity index is 1980. The van der Waals surface area contributed by atoms with E-state index in [0.717, 1.165) is 57.8 Å². The van der Waals surface area contributed by atoms with Crippen LogP contribution in [0.15, 0.2) is 55.0 Å². The van der Waals surface area contributed by atoms with Gasteiger partial charge in [0.15, 0.2) is 0 Å². The number of hydrogen-bond acceptors (Lipinski definition) is 9. The second kappa shape index (κ2) is 13.3. The first-order chi connectivity index (χ1) is 23.1. The van der Waals surface area contributed by atoms with Crippen LogP contribution in [0.25, 0.3) is 20.7 Å². The van der Waals surface area contributed by atoms with Gasteiger partial charge in [-0.05, 0) is 80.2 Å². The highest BCUT2D eigenvalue weighted by Crippen LogP contribution is 2.45. The molecule has 9 nitrogen and oxygen atoms in total. The van der Waals surface area contributed by atoms with Gasteiger partial charge in [0.05, 0.1) is 22.6 Å². The number of aryl methyl sites for hydroxylation is 2. The number of benzene rings is 2. The fourth-order valence-corrected chi connectivity index (χ4v) is 7.60. The molecule has 1 saturated heterocycles. The van der Waals surface area contributed by atoms with Gasteiger partial charge in [-0.15, -0.1) is 11.3 Å². The number of nitrogens with zero attached hydrogens (tertiary/aromatic N) is 5. The minimum absolute atomic E-state index is 0.000858. The Kier molecular flexibility index (Phi) is 8.96. The summed E-state index contributed by atoms with van der Waals surface area (Å²) in [7, 11) is 0. The van der Waals surface area contributed by atoms with E-state index in [0.29, 0.717) is 40.7 Å². The van der Waals surface area contributed by atoms with Crippen molar-refractivity contribution in [1.82, 2.24) is 24.6 Å². The summed E-state index contributed by atoms with van der Waals surface area (Å²) in [6.07, 6.45) is 0.387. The lowest BCUT2D eigenvalue weighted by atomic mass is 9.95. The first-order valence-corrected chi connectivity index (χ1v) is 16.6. The van der Waals surface area contributed by atoms with E-state index in [2.05, 4.69) is 20.4 Å². The lowest BCUT2D eigenvalue weighted by Crippen LogP contribution is -2.39. The molecular formula is C33H29ClF4N6O3S. The van der Waals surface area contributed by atoms with Crippen molar-refractivity contribution < 1.29 is 31.8 Å². The van der Waals surface area contributed by atoms with E-state index in [1.165, 1.54) is 29.8 Å². The molecule has 4 heterocycles. The summed E-state index contributed by atoms with van der Waals surface area (Å²) in [6.45, 7) is 1.86. The van der Waals surface area contributed by atoms with Crippen LogP contribution in [0.4, 0.5) is 29.1 Å². The lowest BCUT2D eigenvalue weighted by Gasteiger charge is -2.24. The van der Waals surface area contributed by atoms with Crippen molar-refractivity contribution in [3.63, 3.8) is 0 Å². The predicted molar refractivity (Wildman–Crippen MR) is 173 cm³/mol. The molecule has 1 aliphatic carbocycles. The standard InChI is InChI=1S/C33H29ClF4N6O3S/c34-25-13-21(6-9-27(25)46-17-19-4-3-5-20(35)12-19)41-30-28-23-7-8-26-24(29(23)48-31(28)40-18-39-30)16-44(42-26)15-22(14-43-10-1-2-11-43)47-32(45)33(36,37)38/h3-6,9,12-13,16,18,22H,1-2,7-8,10-11,14-15,17H2,(H,39,40,41)/t22-/m1/s1. The quantitative estimate of drug-likeness (QED) is 0.120. The maximum atomic E-state index is 13.5. The fourth-order valence-electron chi connectivity index (χ4n) is 6.15. The molecule has 250 valence electrons. The third kappa shape index (κ3) is 6.96. The van der Waals surface area contributed by atoms with E-state index in [-0.39, 0.29) is 25.5 Å². The number of hydrogen-bond donors (Lipinski definition) is 1. The molecule has 0 unspecified atom stereocenters. The first-order valence-electron chi connectivity index (χ1n) is 15.4. The number of alkyl halides is 3. The van der Waals surface area contributed by atoms with E-state index in [1.807, 2.05) is 17.2 Å². The van der Waals surface area contributed by atoms with E-state index in [9.17, 15) is 22.4 Å². The zero-order valence-corrected chi connectivity index (χ0v) is 27.0. The smallest absolute Gasteiger partial charge is 0.487 e. The molecule has 0 bridgehead atoms. The summed E-state index contributed by atoms with van der Waals surface area (Å²) in [4.78, 5) is 24.5. The summed E-state index contributed by atoms with van der Waals surface area (Å²) in [6, 6.07) is 11.4. The maximum Gasteiger partial charge on any atom is 0.490 e. The Morgan fingerprint density at radius 2 is 1.92 bits per heavy atom. The number of ether oxygens (including phenoxy) is 2. The molecule has 1 fully saturated rings. The zero-order chi connectivity index (χ0) is 33.4. The number of carbonyl (C=O) groups excluding carboxylic acids is 1. The molecule has 7 rings (SSSR count). The molecule has 0 spiro atoms. The number of thiophene rings is 1. The van der Waals surface area contributed by atoms with Crippen molar-refractivity contribution in [2.24, 2.45) is 0 Å². The molecular weight excluding hydrogens is 672 g/mol. The van der Waals surface area contributed by atoms with Crippen molar-refractivity contribution in [3.8, 4) is 16.2 Å². The molecule has 3 aromatic heterocycles. The van der Waals surface area contributed by atoms with Crippen molar-refractivity contribution in [2.45, 2.75) is 51.1 Å². The molecule has 15 heteroatoms. The van der Waals surface area contributed by atoms with E-state index in [4.69, 9.17) is 21.1 Å². The van der Waals surface area contributed by atoms with Gasteiger partial charge in [0.25, 0.3) is 0 Å². The molecule has 0 amide bonds. The normalized spacial score (nSPS) is 15.3. The number of esters is 1. The van der Waals surface area contributed by atoms with Crippen LogP contribution in [0.1, 0.15) is 29.7 Å². The highest BCUT2D eigenvalue weighted by atomic mass is 35.5. The van der Waals surface area contributed by atoms with Gasteiger partial charge >= 0.3 is 12.1 Å². The Balaban J connectivity index is 1.11. The lowest BCUT2D eigenvalue weighted by molar-refractivity contribution is -0.206.